The number of anilines is 1. The Morgan fingerprint density at radius 2 is 1.53 bits per heavy atom. The van der Waals surface area contributed by atoms with Crippen molar-refractivity contribution in [2.75, 3.05) is 11.4 Å². The van der Waals surface area contributed by atoms with Gasteiger partial charge in [-0.2, -0.15) is 0 Å². The molecule has 3 N–H and O–H groups in total. The summed E-state index contributed by atoms with van der Waals surface area (Å²) >= 11 is 0. The van der Waals surface area contributed by atoms with Crippen molar-refractivity contribution in [2.45, 2.75) is 39.3 Å². The van der Waals surface area contributed by atoms with E-state index < -0.39 is 6.04 Å². The summed E-state index contributed by atoms with van der Waals surface area (Å²) in [7, 11) is 1.97. The number of benzene rings is 1. The van der Waals surface area contributed by atoms with Gasteiger partial charge < -0.3 is 16.0 Å². The molecule has 5 amide bonds. The van der Waals surface area contributed by atoms with Crippen LogP contribution in [0.2, 0.25) is 0 Å². The highest BCUT2D eigenvalue weighted by molar-refractivity contribution is 7.40. The first-order valence-electron chi connectivity index (χ1n) is 9.75. The molecular weight excluding hydrogens is 435 g/mol. The van der Waals surface area contributed by atoms with E-state index in [-0.39, 0.29) is 48.2 Å². The van der Waals surface area contributed by atoms with Crippen LogP contribution in [-0.4, -0.2) is 54.2 Å². The Labute approximate surface area is 188 Å². The second-order valence-corrected chi connectivity index (χ2v) is 7.67. The molecule has 2 unspecified atom stereocenters. The van der Waals surface area contributed by atoms with Gasteiger partial charge in [-0.3, -0.25) is 28.8 Å². The standard InChI is InChI=1S/C15H16N2O3.C6H11N2O3P/c1-10(2)16-13(18)9-11-3-5-12(6-4-11)17-14(19)7-8-15(17)20;1-4(6(11)12)8-5(10)2-7-3-9/h3-8,10H,9H2,1-2H3,(H,16,18);3-4H,2,12H2,1H3,(H,7,9)(H,8,10). The van der Waals surface area contributed by atoms with Crippen LogP contribution in [0.5, 0.6) is 0 Å². The van der Waals surface area contributed by atoms with Crippen molar-refractivity contribution < 1.29 is 28.8 Å². The van der Waals surface area contributed by atoms with Gasteiger partial charge in [0.25, 0.3) is 11.8 Å². The molecule has 1 aromatic carbocycles. The summed E-state index contributed by atoms with van der Waals surface area (Å²) in [5.41, 5.74) is 1.14. The minimum Gasteiger partial charge on any atom is -0.354 e. The zero-order valence-electron chi connectivity index (χ0n) is 18.1. The third-order valence-corrected chi connectivity index (χ3v) is 4.47. The molecule has 32 heavy (non-hydrogen) atoms. The molecule has 0 fully saturated rings. The molecule has 0 aromatic heterocycles. The fourth-order valence-corrected chi connectivity index (χ4v) is 2.56. The van der Waals surface area contributed by atoms with Crippen molar-refractivity contribution >= 4 is 50.5 Å². The molecule has 172 valence electrons. The Bertz CT molecular complexity index is 880. The molecule has 10 nitrogen and oxygen atoms in total. The average Bonchev–Trinajstić information content (AvgIpc) is 3.05. The maximum Gasteiger partial charge on any atom is 0.258 e. The smallest absolute Gasteiger partial charge is 0.258 e. The van der Waals surface area contributed by atoms with Gasteiger partial charge in [0, 0.05) is 18.2 Å². The van der Waals surface area contributed by atoms with E-state index in [1.807, 2.05) is 23.1 Å². The first-order chi connectivity index (χ1) is 15.0. The second kappa shape index (κ2) is 13.1. The van der Waals surface area contributed by atoms with Crippen molar-refractivity contribution in [3.63, 3.8) is 0 Å². The second-order valence-electron chi connectivity index (χ2n) is 7.10. The van der Waals surface area contributed by atoms with Crippen LogP contribution in [0, 0.1) is 0 Å². The van der Waals surface area contributed by atoms with E-state index >= 15 is 0 Å². The lowest BCUT2D eigenvalue weighted by Crippen LogP contribution is -2.41. The molecule has 0 radical (unpaired) electrons. The van der Waals surface area contributed by atoms with Gasteiger partial charge in [0.1, 0.15) is 0 Å². The predicted molar refractivity (Wildman–Crippen MR) is 121 cm³/mol. The molecule has 1 aliphatic rings. The van der Waals surface area contributed by atoms with Crippen molar-refractivity contribution in [3.8, 4) is 0 Å². The number of amides is 5. The summed E-state index contributed by atoms with van der Waals surface area (Å²) in [6, 6.07) is 6.40. The summed E-state index contributed by atoms with van der Waals surface area (Å²) in [5, 5.41) is 7.37. The van der Waals surface area contributed by atoms with Gasteiger partial charge in [-0.25, -0.2) is 4.90 Å². The third kappa shape index (κ3) is 9.18. The Morgan fingerprint density at radius 1 is 0.969 bits per heavy atom. The van der Waals surface area contributed by atoms with Crippen LogP contribution < -0.4 is 20.9 Å². The summed E-state index contributed by atoms with van der Waals surface area (Å²) < 4.78 is 0. The van der Waals surface area contributed by atoms with Gasteiger partial charge in [-0.05, 0) is 38.5 Å². The largest absolute Gasteiger partial charge is 0.354 e. The molecule has 1 heterocycles. The molecule has 1 aliphatic heterocycles. The number of carbonyl (C=O) groups is 6. The zero-order chi connectivity index (χ0) is 24.3. The average molecular weight is 462 g/mol. The predicted octanol–water partition coefficient (Wildman–Crippen LogP) is -0.178. The molecular formula is C21H27N4O6P. The number of carbonyl (C=O) groups excluding carboxylic acids is 6. The van der Waals surface area contributed by atoms with Crippen molar-refractivity contribution in [2.24, 2.45) is 0 Å². The molecule has 1 aromatic rings. The zero-order valence-corrected chi connectivity index (χ0v) is 19.2. The number of imide groups is 1. The van der Waals surface area contributed by atoms with Crippen molar-refractivity contribution in [3.05, 3.63) is 42.0 Å². The van der Waals surface area contributed by atoms with Crippen LogP contribution in [0.3, 0.4) is 0 Å². The van der Waals surface area contributed by atoms with Gasteiger partial charge in [0.15, 0.2) is 5.52 Å². The molecule has 0 aliphatic carbocycles. The Hall–Kier alpha value is -3.39. The van der Waals surface area contributed by atoms with E-state index in [1.165, 1.54) is 12.2 Å². The lowest BCUT2D eigenvalue weighted by atomic mass is 10.1. The maximum absolute atomic E-state index is 11.6. The fraction of sp³-hybridized carbons (Fsp3) is 0.333. The molecule has 0 spiro atoms. The van der Waals surface area contributed by atoms with E-state index in [0.717, 1.165) is 10.5 Å². The number of hydrogen-bond acceptors (Lipinski definition) is 6. The van der Waals surface area contributed by atoms with Crippen molar-refractivity contribution in [1.29, 1.82) is 0 Å². The SMILES string of the molecule is CC(C)NC(=O)Cc1ccc(N2C(=O)C=CC2=O)cc1.CC(NC(=O)CNC=O)C(=O)P. The van der Waals surface area contributed by atoms with Crippen LogP contribution in [-0.2, 0) is 35.2 Å². The lowest BCUT2D eigenvalue weighted by molar-refractivity contribution is -0.124. The van der Waals surface area contributed by atoms with Crippen LogP contribution >= 0.6 is 9.24 Å². The van der Waals surface area contributed by atoms with E-state index in [4.69, 9.17) is 0 Å². The summed E-state index contributed by atoms with van der Waals surface area (Å²) in [6.45, 7) is 5.26. The van der Waals surface area contributed by atoms with Crippen LogP contribution in [0.25, 0.3) is 0 Å². The quantitative estimate of drug-likeness (QED) is 0.264. The first kappa shape index (κ1) is 26.6. The summed E-state index contributed by atoms with van der Waals surface area (Å²) in [5.74, 6) is -1.13. The highest BCUT2D eigenvalue weighted by Crippen LogP contribution is 2.19. The van der Waals surface area contributed by atoms with E-state index in [2.05, 4.69) is 16.0 Å². The van der Waals surface area contributed by atoms with Crippen LogP contribution in [0.1, 0.15) is 26.3 Å². The monoisotopic (exact) mass is 462 g/mol. The normalized spacial score (nSPS) is 13.2. The first-order valence-corrected chi connectivity index (χ1v) is 10.3. The molecule has 0 saturated heterocycles. The van der Waals surface area contributed by atoms with Crippen LogP contribution in [0.15, 0.2) is 36.4 Å². The summed E-state index contributed by atoms with van der Waals surface area (Å²) in [6.07, 6.45) is 3.18. The van der Waals surface area contributed by atoms with E-state index in [0.29, 0.717) is 12.1 Å². The maximum atomic E-state index is 11.6. The topological polar surface area (TPSA) is 142 Å². The Kier molecular flexibility index (Phi) is 10.9. The van der Waals surface area contributed by atoms with Gasteiger partial charge in [-0.1, -0.05) is 21.4 Å². The minimum atomic E-state index is -0.532. The fourth-order valence-electron chi connectivity index (χ4n) is 2.47. The van der Waals surface area contributed by atoms with Crippen LogP contribution in [0.4, 0.5) is 5.69 Å². The van der Waals surface area contributed by atoms with E-state index in [1.54, 1.807) is 31.2 Å². The number of rotatable bonds is 9. The molecule has 2 rings (SSSR count). The minimum absolute atomic E-state index is 0.0530. The summed E-state index contributed by atoms with van der Waals surface area (Å²) in [4.78, 5) is 67.0. The Balaban J connectivity index is 0.000000368. The highest BCUT2D eigenvalue weighted by atomic mass is 31.0. The van der Waals surface area contributed by atoms with Crippen molar-refractivity contribution in [1.82, 2.24) is 16.0 Å². The number of nitrogens with zero attached hydrogens (tertiary/aromatic N) is 1. The number of nitrogens with one attached hydrogen (secondary N) is 3. The van der Waals surface area contributed by atoms with Gasteiger partial charge >= 0.3 is 0 Å². The Morgan fingerprint density at radius 3 is 2.00 bits per heavy atom. The molecule has 11 heteroatoms. The molecule has 0 bridgehead atoms. The molecule has 2 atom stereocenters. The lowest BCUT2D eigenvalue weighted by Gasteiger charge is -2.14. The van der Waals surface area contributed by atoms with E-state index in [9.17, 15) is 28.8 Å². The van der Waals surface area contributed by atoms with Gasteiger partial charge in [0.05, 0.1) is 24.7 Å². The number of hydrogen-bond donors (Lipinski definition) is 3. The highest BCUT2D eigenvalue weighted by Gasteiger charge is 2.24. The molecule has 0 saturated carbocycles. The van der Waals surface area contributed by atoms with Gasteiger partial charge in [0.2, 0.25) is 18.2 Å². The third-order valence-electron chi connectivity index (χ3n) is 3.97. The van der Waals surface area contributed by atoms with Gasteiger partial charge in [-0.15, -0.1) is 0 Å².